The van der Waals surface area contributed by atoms with E-state index in [1.807, 2.05) is 0 Å². The molecule has 0 atom stereocenters. The number of rotatable bonds is 1. The highest BCUT2D eigenvalue weighted by Crippen LogP contribution is 2.22. The fourth-order valence-electron chi connectivity index (χ4n) is 0.807. The first-order valence-corrected chi connectivity index (χ1v) is 3.19. The van der Waals surface area contributed by atoms with E-state index in [2.05, 4.69) is 0 Å². The molecule has 0 fully saturated rings. The molecule has 1 aliphatic rings. The number of allylic oxidation sites excluding steroid dienone is 5. The predicted octanol–water partition coefficient (Wildman–Crippen LogP) is 2.26. The lowest BCUT2D eigenvalue weighted by atomic mass is 10.3. The summed E-state index contributed by atoms with van der Waals surface area (Å²) in [5.74, 6) is -2.27. The SMILES string of the molecule is O=[N+]([O-])C1=C(F)C=CCC=C1F. The number of halogens is 2. The fourth-order valence-corrected chi connectivity index (χ4v) is 0.807. The molecule has 1 rings (SSSR count). The summed E-state index contributed by atoms with van der Waals surface area (Å²) in [4.78, 5) is 9.05. The molecule has 0 aliphatic heterocycles. The number of hydrogen-bond acceptors (Lipinski definition) is 2. The molecule has 3 nitrogen and oxygen atoms in total. The lowest BCUT2D eigenvalue weighted by Gasteiger charge is -1.92. The zero-order chi connectivity index (χ0) is 9.14. The quantitative estimate of drug-likeness (QED) is 0.450. The van der Waals surface area contributed by atoms with Crippen molar-refractivity contribution >= 4 is 0 Å². The van der Waals surface area contributed by atoms with E-state index in [0.29, 0.717) is 0 Å². The van der Waals surface area contributed by atoms with Crippen LogP contribution < -0.4 is 0 Å². The Bertz CT molecular complexity index is 305. The summed E-state index contributed by atoms with van der Waals surface area (Å²) in [5.41, 5.74) is -1.09. The molecule has 0 saturated carbocycles. The van der Waals surface area contributed by atoms with Crippen molar-refractivity contribution in [2.75, 3.05) is 0 Å². The van der Waals surface area contributed by atoms with E-state index in [9.17, 15) is 18.9 Å². The first-order chi connectivity index (χ1) is 5.63. The van der Waals surface area contributed by atoms with Crippen LogP contribution in [0.1, 0.15) is 6.42 Å². The Labute approximate surface area is 66.8 Å². The molecule has 1 aliphatic carbocycles. The van der Waals surface area contributed by atoms with Gasteiger partial charge in [-0.1, -0.05) is 6.08 Å². The Morgan fingerprint density at radius 3 is 2.75 bits per heavy atom. The molecule has 0 heterocycles. The van der Waals surface area contributed by atoms with E-state index in [4.69, 9.17) is 0 Å². The van der Waals surface area contributed by atoms with Gasteiger partial charge in [-0.2, -0.15) is 8.78 Å². The highest BCUT2D eigenvalue weighted by molar-refractivity contribution is 5.31. The molecule has 0 radical (unpaired) electrons. The van der Waals surface area contributed by atoms with E-state index >= 15 is 0 Å². The molecule has 0 bridgehead atoms. The van der Waals surface area contributed by atoms with Gasteiger partial charge in [0.05, 0.1) is 4.92 Å². The van der Waals surface area contributed by atoms with Crippen molar-refractivity contribution in [1.29, 1.82) is 0 Å². The van der Waals surface area contributed by atoms with Gasteiger partial charge in [-0.05, 0) is 18.6 Å². The van der Waals surface area contributed by atoms with Gasteiger partial charge in [0.1, 0.15) is 0 Å². The molecule has 0 unspecified atom stereocenters. The van der Waals surface area contributed by atoms with Crippen LogP contribution in [0.15, 0.2) is 35.6 Å². The first-order valence-electron chi connectivity index (χ1n) is 3.19. The first kappa shape index (κ1) is 8.58. The Morgan fingerprint density at radius 2 is 2.17 bits per heavy atom. The minimum absolute atomic E-state index is 0.163. The van der Waals surface area contributed by atoms with Crippen molar-refractivity contribution in [3.8, 4) is 0 Å². The minimum atomic E-state index is -1.15. The third kappa shape index (κ3) is 1.55. The highest BCUT2D eigenvalue weighted by Gasteiger charge is 2.23. The zero-order valence-electron chi connectivity index (χ0n) is 5.96. The maximum atomic E-state index is 12.7. The second-order valence-corrected chi connectivity index (χ2v) is 2.14. The van der Waals surface area contributed by atoms with Crippen LogP contribution in [0.4, 0.5) is 8.78 Å². The number of nitro groups is 1. The average Bonchev–Trinajstić information content (AvgIpc) is 2.11. The molecular weight excluding hydrogens is 168 g/mol. The largest absolute Gasteiger partial charge is 0.339 e. The minimum Gasteiger partial charge on any atom is -0.258 e. The van der Waals surface area contributed by atoms with Gasteiger partial charge in [-0.25, -0.2) is 0 Å². The topological polar surface area (TPSA) is 43.1 Å². The van der Waals surface area contributed by atoms with Crippen molar-refractivity contribution in [1.82, 2.24) is 0 Å². The molecule has 5 heteroatoms. The summed E-state index contributed by atoms with van der Waals surface area (Å²) in [5, 5.41) is 10.1. The second kappa shape index (κ2) is 3.25. The van der Waals surface area contributed by atoms with Crippen molar-refractivity contribution in [2.45, 2.75) is 6.42 Å². The van der Waals surface area contributed by atoms with Crippen LogP contribution in [0.2, 0.25) is 0 Å². The number of nitrogens with zero attached hydrogens (tertiary/aromatic N) is 1. The van der Waals surface area contributed by atoms with Gasteiger partial charge < -0.3 is 0 Å². The molecule has 0 N–H and O–H groups in total. The highest BCUT2D eigenvalue weighted by atomic mass is 19.1. The van der Waals surface area contributed by atoms with E-state index in [-0.39, 0.29) is 6.42 Å². The fraction of sp³-hybridized carbons (Fsp3) is 0.143. The van der Waals surface area contributed by atoms with Gasteiger partial charge in [-0.3, -0.25) is 10.1 Å². The molecule has 0 amide bonds. The maximum Gasteiger partial charge on any atom is 0.339 e. The monoisotopic (exact) mass is 173 g/mol. The maximum absolute atomic E-state index is 12.7. The lowest BCUT2D eigenvalue weighted by Crippen LogP contribution is -2.00. The molecular formula is C7H5F2NO2. The standard InChI is InChI=1S/C7H5F2NO2/c8-5-3-1-2-4-6(9)7(5)10(11)12/h1,3-4H,2H2. The van der Waals surface area contributed by atoms with Crippen molar-refractivity contribution in [2.24, 2.45) is 0 Å². The summed E-state index contributed by atoms with van der Waals surface area (Å²) in [6.07, 6.45) is 3.32. The second-order valence-electron chi connectivity index (χ2n) is 2.14. The summed E-state index contributed by atoms with van der Waals surface area (Å²) in [6, 6.07) is 0. The van der Waals surface area contributed by atoms with Gasteiger partial charge >= 0.3 is 5.70 Å². The Hall–Kier alpha value is -1.52. The zero-order valence-corrected chi connectivity index (χ0v) is 5.96. The summed E-state index contributed by atoms with van der Waals surface area (Å²) in [6.45, 7) is 0. The Morgan fingerprint density at radius 1 is 1.50 bits per heavy atom. The van der Waals surface area contributed by atoms with Gasteiger partial charge in [0.25, 0.3) is 0 Å². The van der Waals surface area contributed by atoms with Crippen molar-refractivity contribution < 1.29 is 13.7 Å². The molecule has 0 aromatic carbocycles. The third-order valence-corrected chi connectivity index (χ3v) is 1.33. The third-order valence-electron chi connectivity index (χ3n) is 1.33. The van der Waals surface area contributed by atoms with Gasteiger partial charge in [0, 0.05) is 0 Å². The molecule has 0 aromatic rings. The molecule has 64 valence electrons. The van der Waals surface area contributed by atoms with Crippen LogP contribution in [-0.4, -0.2) is 4.92 Å². The van der Waals surface area contributed by atoms with Gasteiger partial charge in [0.15, 0.2) is 5.83 Å². The van der Waals surface area contributed by atoms with E-state index in [1.165, 1.54) is 6.08 Å². The predicted molar refractivity (Wildman–Crippen MR) is 38.1 cm³/mol. The van der Waals surface area contributed by atoms with Crippen LogP contribution in [0.5, 0.6) is 0 Å². The average molecular weight is 173 g/mol. The number of hydrogen-bond donors (Lipinski definition) is 0. The lowest BCUT2D eigenvalue weighted by molar-refractivity contribution is -0.424. The van der Waals surface area contributed by atoms with Crippen LogP contribution in [0.3, 0.4) is 0 Å². The van der Waals surface area contributed by atoms with E-state index in [1.54, 1.807) is 0 Å². The van der Waals surface area contributed by atoms with Crippen LogP contribution in [-0.2, 0) is 0 Å². The smallest absolute Gasteiger partial charge is 0.258 e. The summed E-state index contributed by atoms with van der Waals surface area (Å²) < 4.78 is 25.4. The van der Waals surface area contributed by atoms with Crippen LogP contribution in [0, 0.1) is 10.1 Å². The molecule has 0 saturated heterocycles. The summed E-state index contributed by atoms with van der Waals surface area (Å²) >= 11 is 0. The van der Waals surface area contributed by atoms with Crippen molar-refractivity contribution in [3.63, 3.8) is 0 Å². The molecule has 0 spiro atoms. The Balaban J connectivity index is 3.18. The van der Waals surface area contributed by atoms with Crippen LogP contribution >= 0.6 is 0 Å². The molecule has 12 heavy (non-hydrogen) atoms. The van der Waals surface area contributed by atoms with E-state index < -0.39 is 22.3 Å². The van der Waals surface area contributed by atoms with Gasteiger partial charge in [-0.15, -0.1) is 0 Å². The van der Waals surface area contributed by atoms with Crippen molar-refractivity contribution in [3.05, 3.63) is 45.7 Å². The van der Waals surface area contributed by atoms with E-state index in [0.717, 1.165) is 12.2 Å². The van der Waals surface area contributed by atoms with Gasteiger partial charge in [0.2, 0.25) is 5.83 Å². The summed E-state index contributed by atoms with van der Waals surface area (Å²) in [7, 11) is 0. The molecule has 0 aromatic heterocycles. The van der Waals surface area contributed by atoms with Crippen LogP contribution in [0.25, 0.3) is 0 Å². The Kier molecular flexibility index (Phi) is 2.32. The normalized spacial score (nSPS) is 17.3.